The molecule has 0 N–H and O–H groups in total. The van der Waals surface area contributed by atoms with E-state index in [1.807, 2.05) is 45.9 Å². The van der Waals surface area contributed by atoms with Crippen LogP contribution in [0.15, 0.2) is 66.9 Å². The molecule has 1 saturated carbocycles. The number of hydrogen-bond acceptors (Lipinski definition) is 3. The minimum Gasteiger partial charge on any atom is -0.474 e. The molecule has 3 nitrogen and oxygen atoms in total. The molecule has 0 spiro atoms. The molecule has 1 fully saturated rings. The van der Waals surface area contributed by atoms with Gasteiger partial charge >= 0.3 is 0 Å². The van der Waals surface area contributed by atoms with Crippen LogP contribution in [0.25, 0.3) is 16.7 Å². The summed E-state index contributed by atoms with van der Waals surface area (Å²) in [6.45, 7) is 16.3. The van der Waals surface area contributed by atoms with Crippen molar-refractivity contribution in [1.82, 2.24) is 4.98 Å². The van der Waals surface area contributed by atoms with Crippen molar-refractivity contribution >= 4 is 12.4 Å². The average molecular weight is 406 g/mol. The van der Waals surface area contributed by atoms with E-state index in [0.717, 1.165) is 24.3 Å². The lowest BCUT2D eigenvalue weighted by molar-refractivity contribution is -0.0979. The Morgan fingerprint density at radius 1 is 1.13 bits per heavy atom. The number of pyridine rings is 1. The molecular weight excluding hydrogens is 370 g/mol. The van der Waals surface area contributed by atoms with Crippen LogP contribution in [0.4, 0.5) is 0 Å². The Balaban J connectivity index is 0.00000106. The fourth-order valence-electron chi connectivity index (χ4n) is 3.25. The first-order valence-corrected chi connectivity index (χ1v) is 10.6. The van der Waals surface area contributed by atoms with Crippen LogP contribution in [0.2, 0.25) is 0 Å². The zero-order valence-corrected chi connectivity index (χ0v) is 19.1. The van der Waals surface area contributed by atoms with E-state index in [0.29, 0.717) is 6.10 Å². The molecule has 3 heteroatoms. The molecule has 1 aromatic carbocycles. The number of rotatable bonds is 6. The molecular formula is C27H35NO2. The fraction of sp³-hybridized carbons (Fsp3) is 0.333. The minimum absolute atomic E-state index is 0.361. The van der Waals surface area contributed by atoms with Gasteiger partial charge in [-0.3, -0.25) is 0 Å². The molecule has 1 aliphatic carbocycles. The van der Waals surface area contributed by atoms with E-state index >= 15 is 0 Å². The van der Waals surface area contributed by atoms with Crippen LogP contribution in [0.5, 0.6) is 5.88 Å². The molecule has 2 aromatic rings. The molecule has 0 saturated heterocycles. The third-order valence-electron chi connectivity index (χ3n) is 4.97. The Morgan fingerprint density at radius 3 is 2.27 bits per heavy atom. The van der Waals surface area contributed by atoms with Gasteiger partial charge in [0.2, 0.25) is 5.88 Å². The van der Waals surface area contributed by atoms with Crippen LogP contribution in [0, 0.1) is 6.92 Å². The number of carbonyl (C=O) groups is 1. The monoisotopic (exact) mass is 405 g/mol. The Labute approximate surface area is 182 Å². The molecule has 0 atom stereocenters. The molecule has 0 bridgehead atoms. The Bertz CT molecular complexity index is 859. The summed E-state index contributed by atoms with van der Waals surface area (Å²) >= 11 is 0. The first kappa shape index (κ1) is 25.1. The SMILES string of the molecule is C=C/C(=C(C)\C=C/C)c1ccc(-c2ccc(OC3CCC3)nc2)cc1C.C=O.CC. The highest BCUT2D eigenvalue weighted by molar-refractivity contribution is 5.81. The van der Waals surface area contributed by atoms with Crippen LogP contribution in [-0.4, -0.2) is 17.9 Å². The van der Waals surface area contributed by atoms with Gasteiger partial charge in [0, 0.05) is 17.8 Å². The van der Waals surface area contributed by atoms with Crippen molar-refractivity contribution < 1.29 is 9.53 Å². The van der Waals surface area contributed by atoms with Gasteiger partial charge in [0.05, 0.1) is 0 Å². The van der Waals surface area contributed by atoms with Crippen LogP contribution < -0.4 is 4.74 Å². The third kappa shape index (κ3) is 6.55. The van der Waals surface area contributed by atoms with E-state index in [4.69, 9.17) is 9.53 Å². The van der Waals surface area contributed by atoms with Gasteiger partial charge in [-0.15, -0.1) is 0 Å². The lowest BCUT2D eigenvalue weighted by Crippen LogP contribution is -2.24. The predicted octanol–water partition coefficient (Wildman–Crippen LogP) is 7.37. The Morgan fingerprint density at radius 2 is 1.80 bits per heavy atom. The summed E-state index contributed by atoms with van der Waals surface area (Å²) in [7, 11) is 0. The molecule has 0 amide bonds. The zero-order chi connectivity index (χ0) is 22.5. The molecule has 160 valence electrons. The summed E-state index contributed by atoms with van der Waals surface area (Å²) in [6.07, 6.45) is 11.9. The van der Waals surface area contributed by atoms with E-state index in [1.165, 1.54) is 34.3 Å². The molecule has 1 heterocycles. The summed E-state index contributed by atoms with van der Waals surface area (Å²) < 4.78 is 5.84. The van der Waals surface area contributed by atoms with Gasteiger partial charge in [-0.05, 0) is 73.9 Å². The van der Waals surface area contributed by atoms with Gasteiger partial charge in [0.15, 0.2) is 0 Å². The first-order valence-electron chi connectivity index (χ1n) is 10.6. The second-order valence-corrected chi connectivity index (χ2v) is 6.89. The number of nitrogens with zero attached hydrogens (tertiary/aromatic N) is 1. The number of hydrogen-bond donors (Lipinski definition) is 0. The number of carbonyl (C=O) groups excluding carboxylic acids is 1. The first-order chi connectivity index (χ1) is 14.6. The Hall–Kier alpha value is -2.94. The summed E-state index contributed by atoms with van der Waals surface area (Å²) in [5, 5.41) is 0. The van der Waals surface area contributed by atoms with Crippen LogP contribution in [-0.2, 0) is 4.79 Å². The average Bonchev–Trinajstić information content (AvgIpc) is 2.76. The van der Waals surface area contributed by atoms with Crippen LogP contribution in [0.1, 0.15) is 58.1 Å². The van der Waals surface area contributed by atoms with Crippen molar-refractivity contribution in [1.29, 1.82) is 0 Å². The summed E-state index contributed by atoms with van der Waals surface area (Å²) in [6, 6.07) is 10.6. The zero-order valence-electron chi connectivity index (χ0n) is 19.1. The van der Waals surface area contributed by atoms with Crippen molar-refractivity contribution in [3.63, 3.8) is 0 Å². The lowest BCUT2D eigenvalue weighted by Gasteiger charge is -2.25. The van der Waals surface area contributed by atoms with Crippen molar-refractivity contribution in [3.8, 4) is 17.0 Å². The molecule has 1 aliphatic rings. The number of allylic oxidation sites excluding steroid dienone is 5. The Kier molecular flexibility index (Phi) is 11.1. The molecule has 0 unspecified atom stereocenters. The second kappa shape index (κ2) is 13.3. The minimum atomic E-state index is 0.361. The van der Waals surface area contributed by atoms with Crippen molar-refractivity contribution in [3.05, 3.63) is 78.0 Å². The van der Waals surface area contributed by atoms with Crippen molar-refractivity contribution in [2.24, 2.45) is 0 Å². The van der Waals surface area contributed by atoms with Gasteiger partial charge in [-0.1, -0.05) is 56.9 Å². The van der Waals surface area contributed by atoms with E-state index < -0.39 is 0 Å². The van der Waals surface area contributed by atoms with Gasteiger partial charge in [-0.2, -0.15) is 0 Å². The molecule has 3 rings (SSSR count). The highest BCUT2D eigenvalue weighted by Crippen LogP contribution is 2.29. The maximum absolute atomic E-state index is 8.00. The van der Waals surface area contributed by atoms with Crippen LogP contribution in [0.3, 0.4) is 0 Å². The second-order valence-electron chi connectivity index (χ2n) is 6.89. The largest absolute Gasteiger partial charge is 0.474 e. The van der Waals surface area contributed by atoms with E-state index in [2.05, 4.69) is 61.8 Å². The summed E-state index contributed by atoms with van der Waals surface area (Å²) in [5.41, 5.74) is 7.12. The van der Waals surface area contributed by atoms with Crippen LogP contribution >= 0.6 is 0 Å². The highest BCUT2D eigenvalue weighted by Gasteiger charge is 2.19. The number of aryl methyl sites for hydroxylation is 1. The normalized spacial score (nSPS) is 13.8. The van der Waals surface area contributed by atoms with Crippen molar-refractivity contribution in [2.75, 3.05) is 0 Å². The van der Waals surface area contributed by atoms with Gasteiger partial charge < -0.3 is 9.53 Å². The number of aromatic nitrogens is 1. The van der Waals surface area contributed by atoms with E-state index in [1.54, 1.807) is 0 Å². The van der Waals surface area contributed by atoms with Gasteiger partial charge in [-0.25, -0.2) is 4.98 Å². The molecule has 0 radical (unpaired) electrons. The quantitative estimate of drug-likeness (QED) is 0.471. The lowest BCUT2D eigenvalue weighted by atomic mass is 9.93. The standard InChI is InChI=1S/C24H27NO.C2H6.CH2O/c1-5-8-17(3)22(6-2)23-13-11-19(15-18(23)4)20-12-14-24(25-16-20)26-21-9-7-10-21;2*1-2/h5-6,8,11-16,21H,2,7,9-10H2,1,3-4H3;1-2H3;1H2/b8-5-,22-17+;;. The maximum Gasteiger partial charge on any atom is 0.213 e. The van der Waals surface area contributed by atoms with Gasteiger partial charge in [0.1, 0.15) is 12.9 Å². The fourth-order valence-corrected chi connectivity index (χ4v) is 3.25. The maximum atomic E-state index is 8.00. The third-order valence-corrected chi connectivity index (χ3v) is 4.97. The summed E-state index contributed by atoms with van der Waals surface area (Å²) in [5.74, 6) is 0.727. The van der Waals surface area contributed by atoms with E-state index in [-0.39, 0.29) is 0 Å². The summed E-state index contributed by atoms with van der Waals surface area (Å²) in [4.78, 5) is 12.5. The van der Waals surface area contributed by atoms with Crippen molar-refractivity contribution in [2.45, 2.75) is 60.0 Å². The number of benzene rings is 1. The van der Waals surface area contributed by atoms with E-state index in [9.17, 15) is 0 Å². The van der Waals surface area contributed by atoms with Gasteiger partial charge in [0.25, 0.3) is 0 Å². The molecule has 30 heavy (non-hydrogen) atoms. The number of ether oxygens (including phenoxy) is 1. The predicted molar refractivity (Wildman–Crippen MR) is 129 cm³/mol. The molecule has 0 aliphatic heterocycles. The highest BCUT2D eigenvalue weighted by atomic mass is 16.5. The topological polar surface area (TPSA) is 39.2 Å². The smallest absolute Gasteiger partial charge is 0.213 e. The molecule has 1 aromatic heterocycles.